The Morgan fingerprint density at radius 1 is 1.18 bits per heavy atom. The van der Waals surface area contributed by atoms with Crippen molar-refractivity contribution in [2.75, 3.05) is 13.0 Å². The summed E-state index contributed by atoms with van der Waals surface area (Å²) in [6.45, 7) is 0. The molecule has 4 nitrogen and oxygen atoms in total. The van der Waals surface area contributed by atoms with Gasteiger partial charge in [0.2, 0.25) is 0 Å². The first kappa shape index (κ1) is 18.8. The fourth-order valence-corrected chi connectivity index (χ4v) is 4.47. The predicted octanol–water partition coefficient (Wildman–Crippen LogP) is 5.27. The van der Waals surface area contributed by atoms with E-state index in [-0.39, 0.29) is 5.84 Å². The Hall–Kier alpha value is -2.57. The predicted molar refractivity (Wildman–Crippen MR) is 116 cm³/mol. The van der Waals surface area contributed by atoms with E-state index in [0.717, 1.165) is 27.7 Å². The number of methoxy groups -OCH3 is 1. The SMILES string of the molecule is COc1ccc(-c2cc(SCc3ccccc3)c(C(=[N])N3C=CSC3)o2)cc1. The highest BCUT2D eigenvalue weighted by molar-refractivity contribution is 8.02. The van der Waals surface area contributed by atoms with E-state index in [1.165, 1.54) is 5.56 Å². The molecule has 0 fully saturated rings. The summed E-state index contributed by atoms with van der Waals surface area (Å²) in [4.78, 5) is 2.70. The van der Waals surface area contributed by atoms with Gasteiger partial charge in [-0.05, 0) is 41.3 Å². The van der Waals surface area contributed by atoms with E-state index in [0.29, 0.717) is 11.6 Å². The van der Waals surface area contributed by atoms with Crippen molar-refractivity contribution in [1.82, 2.24) is 10.3 Å². The molecule has 0 bridgehead atoms. The monoisotopic (exact) mass is 407 g/mol. The molecule has 0 atom stereocenters. The molecule has 1 radical (unpaired) electrons. The molecular weight excluding hydrogens is 388 g/mol. The second kappa shape index (κ2) is 8.63. The molecule has 28 heavy (non-hydrogen) atoms. The Morgan fingerprint density at radius 3 is 2.64 bits per heavy atom. The molecule has 0 unspecified atom stereocenters. The van der Waals surface area contributed by atoms with Gasteiger partial charge in [-0.1, -0.05) is 30.3 Å². The van der Waals surface area contributed by atoms with Crippen molar-refractivity contribution in [2.45, 2.75) is 10.6 Å². The van der Waals surface area contributed by atoms with Crippen molar-refractivity contribution in [3.05, 3.63) is 83.6 Å². The molecule has 0 spiro atoms. The maximum absolute atomic E-state index is 10.8. The van der Waals surface area contributed by atoms with Crippen LogP contribution in [-0.4, -0.2) is 23.7 Å². The van der Waals surface area contributed by atoms with E-state index >= 15 is 0 Å². The van der Waals surface area contributed by atoms with Gasteiger partial charge >= 0.3 is 0 Å². The normalized spacial score (nSPS) is 13.1. The van der Waals surface area contributed by atoms with Crippen molar-refractivity contribution in [3.8, 4) is 17.1 Å². The van der Waals surface area contributed by atoms with Crippen LogP contribution in [0.2, 0.25) is 0 Å². The Bertz CT molecular complexity index is 982. The second-order valence-electron chi connectivity index (χ2n) is 6.18. The van der Waals surface area contributed by atoms with Crippen LogP contribution in [0.1, 0.15) is 11.3 Å². The minimum atomic E-state index is 0.136. The van der Waals surface area contributed by atoms with E-state index in [2.05, 4.69) is 12.1 Å². The Kier molecular flexibility index (Phi) is 5.78. The largest absolute Gasteiger partial charge is 0.497 e. The third-order valence-corrected chi connectivity index (χ3v) is 6.17. The summed E-state index contributed by atoms with van der Waals surface area (Å²) < 4.78 is 11.3. The summed E-state index contributed by atoms with van der Waals surface area (Å²) in [5.74, 6) is 3.62. The average Bonchev–Trinajstić information content (AvgIpc) is 3.43. The fourth-order valence-electron chi connectivity index (χ4n) is 2.82. The third-order valence-electron chi connectivity index (χ3n) is 4.34. The maximum Gasteiger partial charge on any atom is 0.200 e. The summed E-state index contributed by atoms with van der Waals surface area (Å²) >= 11 is 3.28. The van der Waals surface area contributed by atoms with E-state index in [1.807, 2.05) is 60.1 Å². The van der Waals surface area contributed by atoms with Crippen molar-refractivity contribution in [2.24, 2.45) is 0 Å². The lowest BCUT2D eigenvalue weighted by Gasteiger charge is -2.13. The Balaban J connectivity index is 1.64. The highest BCUT2D eigenvalue weighted by Gasteiger charge is 2.23. The van der Waals surface area contributed by atoms with Crippen LogP contribution in [0.25, 0.3) is 11.3 Å². The summed E-state index contributed by atoms with van der Waals surface area (Å²) in [5.41, 5.74) is 2.16. The van der Waals surface area contributed by atoms with Gasteiger partial charge in [0, 0.05) is 17.5 Å². The number of hydrogen-bond donors (Lipinski definition) is 0. The zero-order valence-electron chi connectivity index (χ0n) is 15.4. The standard InChI is InChI=1S/C22H19N2O2S2/c1-25-18-9-7-17(8-10-18)19-13-20(28-14-16-5-3-2-4-6-16)21(26-19)22(23)24-11-12-27-15-24/h2-13H,14-15H2,1H3. The zero-order chi connectivity index (χ0) is 19.3. The van der Waals surface area contributed by atoms with Crippen molar-refractivity contribution >= 4 is 29.4 Å². The highest BCUT2D eigenvalue weighted by atomic mass is 32.2. The molecule has 2 aromatic carbocycles. The molecule has 0 aliphatic carbocycles. The molecule has 3 aromatic rings. The van der Waals surface area contributed by atoms with Crippen LogP contribution >= 0.6 is 23.5 Å². The van der Waals surface area contributed by atoms with Crippen LogP contribution in [-0.2, 0) is 5.75 Å². The summed E-state index contributed by atoms with van der Waals surface area (Å²) in [6, 6.07) is 20.0. The minimum absolute atomic E-state index is 0.136. The van der Waals surface area contributed by atoms with E-state index < -0.39 is 0 Å². The molecule has 1 aliphatic heterocycles. The van der Waals surface area contributed by atoms with Gasteiger partial charge in [0.15, 0.2) is 11.6 Å². The van der Waals surface area contributed by atoms with Crippen molar-refractivity contribution < 1.29 is 9.15 Å². The van der Waals surface area contributed by atoms with Crippen LogP contribution in [0.15, 0.2) is 81.6 Å². The minimum Gasteiger partial charge on any atom is -0.497 e. The van der Waals surface area contributed by atoms with E-state index in [1.54, 1.807) is 35.5 Å². The third kappa shape index (κ3) is 4.13. The van der Waals surface area contributed by atoms with Crippen LogP contribution in [0.5, 0.6) is 5.75 Å². The molecule has 0 N–H and O–H groups in total. The van der Waals surface area contributed by atoms with Gasteiger partial charge in [0.1, 0.15) is 11.5 Å². The first-order valence-electron chi connectivity index (χ1n) is 8.81. The van der Waals surface area contributed by atoms with E-state index in [9.17, 15) is 5.41 Å². The number of ether oxygens (including phenoxy) is 1. The molecule has 141 valence electrons. The molecule has 0 saturated carbocycles. The Labute approximate surface area is 173 Å². The van der Waals surface area contributed by atoms with Gasteiger partial charge in [-0.15, -0.1) is 28.9 Å². The molecular formula is C22H19N2O2S2. The van der Waals surface area contributed by atoms with Crippen LogP contribution in [0, 0.1) is 0 Å². The van der Waals surface area contributed by atoms with E-state index in [4.69, 9.17) is 9.15 Å². The van der Waals surface area contributed by atoms with Gasteiger partial charge in [-0.2, -0.15) is 0 Å². The lowest BCUT2D eigenvalue weighted by atomic mass is 10.2. The molecule has 1 aliphatic rings. The molecule has 6 heteroatoms. The molecule has 0 amide bonds. The number of nitrogens with zero attached hydrogens (tertiary/aromatic N) is 2. The second-order valence-corrected chi connectivity index (χ2v) is 8.06. The van der Waals surface area contributed by atoms with Crippen LogP contribution in [0.4, 0.5) is 0 Å². The fraction of sp³-hybridized carbons (Fsp3) is 0.136. The molecule has 4 rings (SSSR count). The smallest absolute Gasteiger partial charge is 0.200 e. The van der Waals surface area contributed by atoms with Gasteiger partial charge in [-0.3, -0.25) is 0 Å². The lowest BCUT2D eigenvalue weighted by Crippen LogP contribution is -2.24. The average molecular weight is 408 g/mol. The quantitative estimate of drug-likeness (QED) is 0.316. The summed E-state index contributed by atoms with van der Waals surface area (Å²) in [5, 5.41) is 12.8. The first-order valence-corrected chi connectivity index (χ1v) is 10.8. The molecule has 1 aromatic heterocycles. The van der Waals surface area contributed by atoms with Gasteiger partial charge in [0.05, 0.1) is 17.9 Å². The number of furan rings is 1. The van der Waals surface area contributed by atoms with Crippen molar-refractivity contribution in [3.63, 3.8) is 0 Å². The summed E-state index contributed by atoms with van der Waals surface area (Å²) in [7, 11) is 1.65. The van der Waals surface area contributed by atoms with Gasteiger partial charge < -0.3 is 14.1 Å². The van der Waals surface area contributed by atoms with Gasteiger partial charge in [-0.25, -0.2) is 0 Å². The van der Waals surface area contributed by atoms with Crippen molar-refractivity contribution in [1.29, 1.82) is 0 Å². The van der Waals surface area contributed by atoms with Crippen LogP contribution in [0.3, 0.4) is 0 Å². The molecule has 0 saturated heterocycles. The van der Waals surface area contributed by atoms with Gasteiger partial charge in [0.25, 0.3) is 0 Å². The lowest BCUT2D eigenvalue weighted by molar-refractivity contribution is 0.415. The number of amidine groups is 1. The topological polar surface area (TPSA) is 47.9 Å². The number of thioether (sulfide) groups is 2. The Morgan fingerprint density at radius 2 is 1.96 bits per heavy atom. The number of benzene rings is 2. The highest BCUT2D eigenvalue weighted by Crippen LogP contribution is 2.35. The maximum atomic E-state index is 10.8. The first-order chi connectivity index (χ1) is 13.7. The number of hydrogen-bond acceptors (Lipinski definition) is 4. The molecule has 2 heterocycles. The number of rotatable bonds is 6. The summed E-state index contributed by atoms with van der Waals surface area (Å²) in [6.07, 6.45) is 1.86. The zero-order valence-corrected chi connectivity index (χ0v) is 17.0. The van der Waals surface area contributed by atoms with Crippen LogP contribution < -0.4 is 10.1 Å².